The molecule has 0 spiro atoms. The molecule has 8 nitrogen and oxygen atoms in total. The van der Waals surface area contributed by atoms with Gasteiger partial charge in [-0.3, -0.25) is 9.59 Å². The Bertz CT molecular complexity index is 861. The van der Waals surface area contributed by atoms with Crippen LogP contribution in [0.1, 0.15) is 10.7 Å². The van der Waals surface area contributed by atoms with E-state index in [4.69, 9.17) is 9.88 Å². The third kappa shape index (κ3) is 5.41. The van der Waals surface area contributed by atoms with Gasteiger partial charge in [0.25, 0.3) is 5.91 Å². The minimum Gasteiger partial charge on any atom is -0.455 e. The van der Waals surface area contributed by atoms with Crippen molar-refractivity contribution in [1.29, 1.82) is 0 Å². The molecule has 3 N–H and O–H groups in total. The molecule has 0 saturated heterocycles. The second-order valence-corrected chi connectivity index (χ2v) is 7.44. The second kappa shape index (κ2) is 7.51. The fourth-order valence-electron chi connectivity index (χ4n) is 1.78. The average molecular weight is 369 g/mol. The van der Waals surface area contributed by atoms with Crippen molar-refractivity contribution < 1.29 is 22.7 Å². The molecule has 0 aliphatic rings. The van der Waals surface area contributed by atoms with Crippen molar-refractivity contribution in [3.05, 3.63) is 40.3 Å². The van der Waals surface area contributed by atoms with E-state index in [1.807, 2.05) is 6.92 Å². The predicted molar refractivity (Wildman–Crippen MR) is 88.0 cm³/mol. The lowest BCUT2D eigenvalue weighted by molar-refractivity contribution is -0.146. The molecule has 1 heterocycles. The molecule has 0 fully saturated rings. The number of carbonyl (C=O) groups excluding carboxylic acids is 2. The quantitative estimate of drug-likeness (QED) is 0.726. The van der Waals surface area contributed by atoms with Crippen molar-refractivity contribution >= 4 is 38.9 Å². The Kier molecular flexibility index (Phi) is 5.65. The van der Waals surface area contributed by atoms with E-state index < -0.39 is 28.5 Å². The van der Waals surface area contributed by atoms with Gasteiger partial charge in [0.15, 0.2) is 6.61 Å². The van der Waals surface area contributed by atoms with Crippen molar-refractivity contribution in [2.24, 2.45) is 5.14 Å². The summed E-state index contributed by atoms with van der Waals surface area (Å²) in [6.07, 6.45) is -0.0154. The van der Waals surface area contributed by atoms with E-state index in [0.717, 1.165) is 5.01 Å². The van der Waals surface area contributed by atoms with Gasteiger partial charge in [0, 0.05) is 11.1 Å². The molecule has 0 atom stereocenters. The standard InChI is InChI=1S/C14H15N3O5S2/c1-9-16-11(8-23-9)6-14(19)22-7-13(18)17-10-3-2-4-12(5-10)24(15,20)21/h2-5,8H,6-7H2,1H3,(H,17,18)(H2,15,20,21). The van der Waals surface area contributed by atoms with Crippen molar-refractivity contribution in [1.82, 2.24) is 4.98 Å². The number of benzene rings is 1. The monoisotopic (exact) mass is 369 g/mol. The zero-order valence-corrected chi connectivity index (χ0v) is 14.3. The van der Waals surface area contributed by atoms with Gasteiger partial charge < -0.3 is 10.1 Å². The Labute approximate surface area is 142 Å². The minimum absolute atomic E-state index is 0.0154. The SMILES string of the molecule is Cc1nc(CC(=O)OCC(=O)Nc2cccc(S(N)(=O)=O)c2)cs1. The smallest absolute Gasteiger partial charge is 0.312 e. The number of amides is 1. The summed E-state index contributed by atoms with van der Waals surface area (Å²) in [5.74, 6) is -1.17. The Morgan fingerprint density at radius 2 is 2.12 bits per heavy atom. The normalized spacial score (nSPS) is 11.1. The highest BCUT2D eigenvalue weighted by Crippen LogP contribution is 2.14. The van der Waals surface area contributed by atoms with E-state index in [9.17, 15) is 18.0 Å². The fourth-order valence-corrected chi connectivity index (χ4v) is 2.95. The molecule has 0 aliphatic carbocycles. The molecule has 0 aliphatic heterocycles. The third-order valence-corrected chi connectivity index (χ3v) is 4.54. The molecule has 2 rings (SSSR count). The molecule has 1 amide bonds. The van der Waals surface area contributed by atoms with Gasteiger partial charge in [-0.05, 0) is 25.1 Å². The van der Waals surface area contributed by atoms with Gasteiger partial charge in [-0.2, -0.15) is 0 Å². The molecular formula is C14H15N3O5S2. The van der Waals surface area contributed by atoms with E-state index in [1.54, 1.807) is 5.38 Å². The van der Waals surface area contributed by atoms with Crippen LogP contribution in [0.5, 0.6) is 0 Å². The zero-order valence-electron chi connectivity index (χ0n) is 12.7. The highest BCUT2D eigenvalue weighted by atomic mass is 32.2. The van der Waals surface area contributed by atoms with Crippen molar-refractivity contribution in [3.8, 4) is 0 Å². The molecular weight excluding hydrogens is 354 g/mol. The first kappa shape index (κ1) is 18.0. The van der Waals surface area contributed by atoms with Crippen molar-refractivity contribution in [2.45, 2.75) is 18.2 Å². The maximum atomic E-state index is 11.8. The Morgan fingerprint density at radius 1 is 1.38 bits per heavy atom. The number of hydrogen-bond acceptors (Lipinski definition) is 7. The molecule has 0 bridgehead atoms. The first-order valence-electron chi connectivity index (χ1n) is 6.73. The van der Waals surface area contributed by atoms with Gasteiger partial charge in [0.2, 0.25) is 10.0 Å². The van der Waals surface area contributed by atoms with E-state index in [-0.39, 0.29) is 17.0 Å². The fraction of sp³-hybridized carbons (Fsp3) is 0.214. The summed E-state index contributed by atoms with van der Waals surface area (Å²) >= 11 is 1.42. The largest absolute Gasteiger partial charge is 0.455 e. The molecule has 0 radical (unpaired) electrons. The highest BCUT2D eigenvalue weighted by molar-refractivity contribution is 7.89. The summed E-state index contributed by atoms with van der Waals surface area (Å²) in [7, 11) is -3.86. The van der Waals surface area contributed by atoms with Crippen LogP contribution in [0.25, 0.3) is 0 Å². The van der Waals surface area contributed by atoms with Gasteiger partial charge in [-0.25, -0.2) is 18.5 Å². The molecule has 2 aromatic rings. The van der Waals surface area contributed by atoms with Crippen molar-refractivity contribution in [3.63, 3.8) is 0 Å². The Hall–Kier alpha value is -2.30. The number of ether oxygens (including phenoxy) is 1. The lowest BCUT2D eigenvalue weighted by Crippen LogP contribution is -2.22. The van der Waals surface area contributed by atoms with Gasteiger partial charge in [-0.1, -0.05) is 6.07 Å². The molecule has 0 unspecified atom stereocenters. The van der Waals surface area contributed by atoms with Crippen LogP contribution in [-0.4, -0.2) is 31.9 Å². The molecule has 0 saturated carbocycles. The number of anilines is 1. The summed E-state index contributed by atoms with van der Waals surface area (Å²) in [6, 6.07) is 5.45. The summed E-state index contributed by atoms with van der Waals surface area (Å²) < 4.78 is 27.4. The van der Waals surface area contributed by atoms with Crippen LogP contribution >= 0.6 is 11.3 Å². The summed E-state index contributed by atoms with van der Waals surface area (Å²) in [6.45, 7) is 1.34. The number of carbonyl (C=O) groups is 2. The van der Waals surface area contributed by atoms with E-state index >= 15 is 0 Å². The van der Waals surface area contributed by atoms with Gasteiger partial charge in [-0.15, -0.1) is 11.3 Å². The van der Waals surface area contributed by atoms with E-state index in [0.29, 0.717) is 5.69 Å². The van der Waals surface area contributed by atoms with E-state index in [1.165, 1.54) is 35.6 Å². The maximum Gasteiger partial charge on any atom is 0.312 e. The van der Waals surface area contributed by atoms with Crippen LogP contribution in [-0.2, 0) is 30.8 Å². The number of nitrogens with zero attached hydrogens (tertiary/aromatic N) is 1. The number of esters is 1. The second-order valence-electron chi connectivity index (χ2n) is 4.82. The number of hydrogen-bond donors (Lipinski definition) is 2. The number of rotatable bonds is 6. The number of nitrogens with one attached hydrogen (secondary N) is 1. The summed E-state index contributed by atoms with van der Waals surface area (Å²) in [5.41, 5.74) is 0.821. The summed E-state index contributed by atoms with van der Waals surface area (Å²) in [4.78, 5) is 27.4. The van der Waals surface area contributed by atoms with Crippen molar-refractivity contribution in [2.75, 3.05) is 11.9 Å². The number of thiazole rings is 1. The summed E-state index contributed by atoms with van der Waals surface area (Å²) in [5, 5.41) is 10.0. The topological polar surface area (TPSA) is 128 Å². The first-order valence-corrected chi connectivity index (χ1v) is 9.16. The van der Waals surface area contributed by atoms with Crippen LogP contribution in [0.4, 0.5) is 5.69 Å². The number of aromatic nitrogens is 1. The van der Waals surface area contributed by atoms with Crippen LogP contribution in [0.2, 0.25) is 0 Å². The molecule has 10 heteroatoms. The predicted octanol–water partition coefficient (Wildman–Crippen LogP) is 0.823. The first-order chi connectivity index (χ1) is 11.2. The van der Waals surface area contributed by atoms with Crippen LogP contribution in [0.15, 0.2) is 34.5 Å². The number of nitrogens with two attached hydrogens (primary N) is 1. The number of primary sulfonamides is 1. The zero-order chi connectivity index (χ0) is 17.7. The lowest BCUT2D eigenvalue weighted by atomic mass is 10.3. The molecule has 24 heavy (non-hydrogen) atoms. The molecule has 1 aromatic carbocycles. The molecule has 1 aromatic heterocycles. The van der Waals surface area contributed by atoms with Gasteiger partial charge in [0.05, 0.1) is 22.0 Å². The average Bonchev–Trinajstić information content (AvgIpc) is 2.90. The lowest BCUT2D eigenvalue weighted by Gasteiger charge is -2.07. The molecule has 128 valence electrons. The van der Waals surface area contributed by atoms with Gasteiger partial charge in [0.1, 0.15) is 0 Å². The van der Waals surface area contributed by atoms with E-state index in [2.05, 4.69) is 10.3 Å². The van der Waals surface area contributed by atoms with Crippen LogP contribution in [0.3, 0.4) is 0 Å². The highest BCUT2D eigenvalue weighted by Gasteiger charge is 2.12. The minimum atomic E-state index is -3.86. The Balaban J connectivity index is 1.86. The number of sulfonamides is 1. The maximum absolute atomic E-state index is 11.8. The number of aryl methyl sites for hydroxylation is 1. The Morgan fingerprint density at radius 3 is 2.75 bits per heavy atom. The van der Waals surface area contributed by atoms with Crippen LogP contribution < -0.4 is 10.5 Å². The van der Waals surface area contributed by atoms with Crippen LogP contribution in [0, 0.1) is 6.92 Å². The third-order valence-electron chi connectivity index (χ3n) is 2.80. The van der Waals surface area contributed by atoms with Gasteiger partial charge >= 0.3 is 5.97 Å².